The molecule has 3 heteroatoms. The number of rotatable bonds is 2. The molecule has 42 valence electrons. The maximum atomic E-state index is 10.1. The van der Waals surface area contributed by atoms with Gasteiger partial charge in [0.05, 0.1) is 11.5 Å². The van der Waals surface area contributed by atoms with Gasteiger partial charge >= 0.3 is 0 Å². The fourth-order valence-corrected chi connectivity index (χ4v) is 0.704. The fraction of sp³-hybridized carbons (Fsp3) is 0.500. The maximum absolute atomic E-state index is 10.1. The Kier molecular flexibility index (Phi) is 2.67. The first kappa shape index (κ1) is 6.69. The van der Waals surface area contributed by atoms with Crippen LogP contribution < -0.4 is 0 Å². The predicted molar refractivity (Wildman–Crippen MR) is 30.7 cm³/mol. The van der Waals surface area contributed by atoms with Crippen molar-refractivity contribution in [3.05, 3.63) is 12.3 Å². The van der Waals surface area contributed by atoms with Crippen molar-refractivity contribution in [3.8, 4) is 0 Å². The molecule has 0 saturated carbocycles. The minimum atomic E-state index is -0.945. The Morgan fingerprint density at radius 1 is 2.00 bits per heavy atom. The summed E-state index contributed by atoms with van der Waals surface area (Å²) in [5.74, 6) is 0.181. The van der Waals surface area contributed by atoms with E-state index in [1.54, 1.807) is 0 Å². The van der Waals surface area contributed by atoms with Crippen LogP contribution in [0.4, 0.5) is 0 Å². The summed E-state index contributed by atoms with van der Waals surface area (Å²) in [7, 11) is -0.945. The molecule has 0 spiro atoms. The van der Waals surface area contributed by atoms with Crippen molar-refractivity contribution in [1.82, 2.24) is 0 Å². The van der Waals surface area contributed by atoms with Gasteiger partial charge in [0.15, 0.2) is 0 Å². The smallest absolute Gasteiger partial charge is 0.0975 e. The third-order valence-electron chi connectivity index (χ3n) is 0.370. The Morgan fingerprint density at radius 3 is 2.43 bits per heavy atom. The van der Waals surface area contributed by atoms with E-state index in [4.69, 9.17) is 5.11 Å². The van der Waals surface area contributed by atoms with Gasteiger partial charge in [0.1, 0.15) is 0 Å². The molecule has 1 unspecified atom stereocenters. The van der Waals surface area contributed by atoms with Crippen LogP contribution in [0.5, 0.6) is 0 Å². The number of aliphatic hydroxyl groups excluding tert-OH is 1. The van der Waals surface area contributed by atoms with E-state index in [0.717, 1.165) is 0 Å². The van der Waals surface area contributed by atoms with Gasteiger partial charge in [-0.3, -0.25) is 4.21 Å². The highest BCUT2D eigenvalue weighted by molar-refractivity contribution is 7.84. The lowest BCUT2D eigenvalue weighted by Crippen LogP contribution is -1.94. The molecule has 0 radical (unpaired) electrons. The van der Waals surface area contributed by atoms with E-state index in [9.17, 15) is 4.21 Å². The second-order valence-corrected chi connectivity index (χ2v) is 2.72. The molecule has 0 heterocycles. The van der Waals surface area contributed by atoms with Gasteiger partial charge in [0.25, 0.3) is 0 Å². The van der Waals surface area contributed by atoms with Gasteiger partial charge in [-0.15, -0.1) is 0 Å². The van der Waals surface area contributed by atoms with Crippen LogP contribution in [-0.4, -0.2) is 21.3 Å². The highest BCUT2D eigenvalue weighted by Gasteiger charge is 1.89. The lowest BCUT2D eigenvalue weighted by molar-refractivity contribution is 0.419. The first-order valence-electron chi connectivity index (χ1n) is 1.79. The summed E-state index contributed by atoms with van der Waals surface area (Å²) in [4.78, 5) is 0. The summed E-state index contributed by atoms with van der Waals surface area (Å²) in [5.41, 5.74) is 0. The van der Waals surface area contributed by atoms with Crippen LogP contribution in [0, 0.1) is 0 Å². The van der Waals surface area contributed by atoms with E-state index in [-0.39, 0.29) is 11.5 Å². The Balaban J connectivity index is 3.32. The van der Waals surface area contributed by atoms with Crippen LogP contribution in [0.15, 0.2) is 12.3 Å². The molecule has 0 aromatic rings. The van der Waals surface area contributed by atoms with Crippen molar-refractivity contribution in [2.24, 2.45) is 0 Å². The van der Waals surface area contributed by atoms with Gasteiger partial charge in [0.2, 0.25) is 0 Å². The zero-order chi connectivity index (χ0) is 5.86. The molecular formula is C4H8O2S. The number of aliphatic hydroxyl groups is 1. The molecule has 2 nitrogen and oxygen atoms in total. The molecular weight excluding hydrogens is 112 g/mol. The van der Waals surface area contributed by atoms with Gasteiger partial charge < -0.3 is 5.11 Å². The summed E-state index contributed by atoms with van der Waals surface area (Å²) in [6, 6.07) is 0. The summed E-state index contributed by atoms with van der Waals surface area (Å²) in [6.45, 7) is 3.16. The molecule has 1 atom stereocenters. The van der Waals surface area contributed by atoms with E-state index in [2.05, 4.69) is 6.58 Å². The Morgan fingerprint density at radius 2 is 2.43 bits per heavy atom. The van der Waals surface area contributed by atoms with Crippen LogP contribution in [0.3, 0.4) is 0 Å². The lowest BCUT2D eigenvalue weighted by Gasteiger charge is -1.88. The Hall–Kier alpha value is -0.310. The summed E-state index contributed by atoms with van der Waals surface area (Å²) < 4.78 is 10.1. The average Bonchev–Trinajstić information content (AvgIpc) is 1.27. The molecule has 0 aliphatic carbocycles. The van der Waals surface area contributed by atoms with Gasteiger partial charge in [-0.2, -0.15) is 0 Å². The minimum absolute atomic E-state index is 0.0131. The Bertz CT molecular complexity index is 85.9. The van der Waals surface area contributed by atoms with Crippen molar-refractivity contribution >= 4 is 10.8 Å². The van der Waals surface area contributed by atoms with Gasteiger partial charge in [-0.05, 0) is 0 Å². The average molecular weight is 120 g/mol. The molecule has 0 amide bonds. The lowest BCUT2D eigenvalue weighted by atomic mass is 10.7. The minimum Gasteiger partial charge on any atom is -0.512 e. The van der Waals surface area contributed by atoms with Crippen LogP contribution in [0.2, 0.25) is 0 Å². The highest BCUT2D eigenvalue weighted by Crippen LogP contribution is 1.83. The van der Waals surface area contributed by atoms with E-state index < -0.39 is 10.8 Å². The molecule has 0 rings (SSSR count). The first-order valence-corrected chi connectivity index (χ1v) is 3.52. The van der Waals surface area contributed by atoms with E-state index >= 15 is 0 Å². The molecule has 0 bridgehead atoms. The van der Waals surface area contributed by atoms with Crippen LogP contribution in [-0.2, 0) is 10.8 Å². The van der Waals surface area contributed by atoms with Gasteiger partial charge in [-0.1, -0.05) is 6.58 Å². The third kappa shape index (κ3) is 5.69. The number of hydrogen-bond acceptors (Lipinski definition) is 2. The van der Waals surface area contributed by atoms with Gasteiger partial charge in [-0.25, -0.2) is 0 Å². The largest absolute Gasteiger partial charge is 0.512 e. The predicted octanol–water partition coefficient (Wildman–Crippen LogP) is 0.437. The zero-order valence-corrected chi connectivity index (χ0v) is 4.99. The van der Waals surface area contributed by atoms with Gasteiger partial charge in [0, 0.05) is 17.1 Å². The maximum Gasteiger partial charge on any atom is 0.0975 e. The van der Waals surface area contributed by atoms with Crippen molar-refractivity contribution in [3.63, 3.8) is 0 Å². The van der Waals surface area contributed by atoms with E-state index in [1.165, 1.54) is 6.26 Å². The topological polar surface area (TPSA) is 37.3 Å². The van der Waals surface area contributed by atoms with Crippen LogP contribution >= 0.6 is 0 Å². The molecule has 0 aliphatic heterocycles. The monoisotopic (exact) mass is 120 g/mol. The van der Waals surface area contributed by atoms with Crippen LogP contribution in [0.25, 0.3) is 0 Å². The third-order valence-corrected chi connectivity index (χ3v) is 1.11. The van der Waals surface area contributed by atoms with E-state index in [0.29, 0.717) is 0 Å². The summed E-state index contributed by atoms with van der Waals surface area (Å²) in [6.07, 6.45) is 1.52. The second kappa shape index (κ2) is 2.80. The second-order valence-electron chi connectivity index (χ2n) is 1.28. The quantitative estimate of drug-likeness (QED) is 0.537. The molecule has 7 heavy (non-hydrogen) atoms. The van der Waals surface area contributed by atoms with Crippen molar-refractivity contribution in [2.45, 2.75) is 0 Å². The number of hydrogen-bond donors (Lipinski definition) is 1. The molecule has 0 saturated heterocycles. The molecule has 0 aliphatic rings. The molecule has 0 aromatic carbocycles. The fourth-order valence-electron chi connectivity index (χ4n) is 0.235. The Labute approximate surface area is 45.3 Å². The standard InChI is InChI=1S/C4H8O2S/c1-4(5)3-7(2)6/h5H,1,3H2,2H3. The zero-order valence-electron chi connectivity index (χ0n) is 4.18. The van der Waals surface area contributed by atoms with E-state index in [1.807, 2.05) is 0 Å². The SMILES string of the molecule is C=C(O)CS(C)=O. The van der Waals surface area contributed by atoms with Crippen molar-refractivity contribution in [2.75, 3.05) is 12.0 Å². The van der Waals surface area contributed by atoms with Crippen LogP contribution in [0.1, 0.15) is 0 Å². The summed E-state index contributed by atoms with van der Waals surface area (Å²) >= 11 is 0. The molecule has 0 aromatic heterocycles. The summed E-state index contributed by atoms with van der Waals surface area (Å²) in [5, 5.41) is 8.34. The molecule has 0 fully saturated rings. The van der Waals surface area contributed by atoms with Crippen molar-refractivity contribution < 1.29 is 9.32 Å². The first-order chi connectivity index (χ1) is 3.13. The highest BCUT2D eigenvalue weighted by atomic mass is 32.2. The molecule has 1 N–H and O–H groups in total. The van der Waals surface area contributed by atoms with Crippen molar-refractivity contribution in [1.29, 1.82) is 0 Å². The normalized spacial score (nSPS) is 13.3.